The number of ether oxygens (including phenoxy) is 2. The average molecular weight is 412 g/mol. The van der Waals surface area contributed by atoms with Gasteiger partial charge in [0.2, 0.25) is 11.8 Å². The van der Waals surface area contributed by atoms with Gasteiger partial charge in [0.05, 0.1) is 6.61 Å². The molecule has 0 aromatic carbocycles. The molecule has 2 rings (SSSR count). The first-order valence-corrected chi connectivity index (χ1v) is 11.0. The molecule has 2 amide bonds. The molecule has 0 spiro atoms. The summed E-state index contributed by atoms with van der Waals surface area (Å²) in [5, 5.41) is 2.50. The lowest BCUT2D eigenvalue weighted by atomic mass is 9.89. The number of rotatable bonds is 9. The van der Waals surface area contributed by atoms with E-state index in [1.54, 1.807) is 13.8 Å². The lowest BCUT2D eigenvalue weighted by Crippen LogP contribution is -2.42. The molecule has 1 heterocycles. The van der Waals surface area contributed by atoms with Crippen molar-refractivity contribution in [3.05, 3.63) is 0 Å². The third-order valence-electron chi connectivity index (χ3n) is 5.66. The molecule has 1 aliphatic heterocycles. The smallest absolute Gasteiger partial charge is 0.328 e. The van der Waals surface area contributed by atoms with Crippen LogP contribution < -0.4 is 5.32 Å². The van der Waals surface area contributed by atoms with Gasteiger partial charge in [-0.05, 0) is 45.6 Å². The molecule has 1 atom stereocenters. The summed E-state index contributed by atoms with van der Waals surface area (Å²) >= 11 is 0. The first-order valence-electron chi connectivity index (χ1n) is 11.0. The van der Waals surface area contributed by atoms with Crippen LogP contribution in [0.3, 0.4) is 0 Å². The summed E-state index contributed by atoms with van der Waals surface area (Å²) in [6.45, 7) is 7.68. The largest absolute Gasteiger partial charge is 0.464 e. The maximum absolute atomic E-state index is 12.4. The second kappa shape index (κ2) is 12.8. The van der Waals surface area contributed by atoms with Crippen LogP contribution in [0.2, 0.25) is 0 Å². The summed E-state index contributed by atoms with van der Waals surface area (Å²) in [5.74, 6) is -0.201. The standard InChI is InChI=1S/C21H37N3O5/c1-3-29-21(27)17(2)22-19(25)15-28-16-20(26)24-11-7-10-23(12-13-24)14-18-8-5-4-6-9-18/h17-18H,3-16H2,1-2H3,(H,22,25). The molecule has 2 aliphatic rings. The number of carbonyl (C=O) groups excluding carboxylic acids is 3. The zero-order valence-corrected chi connectivity index (χ0v) is 18.0. The van der Waals surface area contributed by atoms with Gasteiger partial charge < -0.3 is 24.6 Å². The molecule has 8 nitrogen and oxygen atoms in total. The molecule has 8 heteroatoms. The maximum atomic E-state index is 12.4. The van der Waals surface area contributed by atoms with E-state index in [4.69, 9.17) is 9.47 Å². The summed E-state index contributed by atoms with van der Waals surface area (Å²) in [5.41, 5.74) is 0. The van der Waals surface area contributed by atoms with Crippen LogP contribution in [0.5, 0.6) is 0 Å². The third kappa shape index (κ3) is 8.70. The highest BCUT2D eigenvalue weighted by molar-refractivity contribution is 5.85. The highest BCUT2D eigenvalue weighted by Crippen LogP contribution is 2.24. The minimum Gasteiger partial charge on any atom is -0.464 e. The Labute approximate surface area is 174 Å². The first kappa shape index (κ1) is 23.6. The van der Waals surface area contributed by atoms with Crippen molar-refractivity contribution in [2.75, 3.05) is 52.5 Å². The highest BCUT2D eigenvalue weighted by atomic mass is 16.5. The van der Waals surface area contributed by atoms with E-state index in [9.17, 15) is 14.4 Å². The van der Waals surface area contributed by atoms with E-state index in [1.807, 2.05) is 4.90 Å². The molecule has 0 aromatic heterocycles. The third-order valence-corrected chi connectivity index (χ3v) is 5.66. The van der Waals surface area contributed by atoms with Crippen molar-refractivity contribution in [1.82, 2.24) is 15.1 Å². The summed E-state index contributed by atoms with van der Waals surface area (Å²) in [7, 11) is 0. The Hall–Kier alpha value is -1.67. The average Bonchev–Trinajstić information content (AvgIpc) is 2.94. The van der Waals surface area contributed by atoms with E-state index in [-0.39, 0.29) is 25.7 Å². The number of nitrogens with zero attached hydrogens (tertiary/aromatic N) is 2. The predicted molar refractivity (Wildman–Crippen MR) is 109 cm³/mol. The van der Waals surface area contributed by atoms with Crippen LogP contribution in [0, 0.1) is 5.92 Å². The topological polar surface area (TPSA) is 88.2 Å². The normalized spacial score (nSPS) is 20.0. The Morgan fingerprint density at radius 3 is 2.48 bits per heavy atom. The monoisotopic (exact) mass is 411 g/mol. The minimum absolute atomic E-state index is 0.0873. The van der Waals surface area contributed by atoms with E-state index >= 15 is 0 Å². The second-order valence-electron chi connectivity index (χ2n) is 8.07. The Morgan fingerprint density at radius 1 is 1.00 bits per heavy atom. The Balaban J connectivity index is 1.63. The van der Waals surface area contributed by atoms with Crippen molar-refractivity contribution >= 4 is 17.8 Å². The maximum Gasteiger partial charge on any atom is 0.328 e. The van der Waals surface area contributed by atoms with Crippen LogP contribution in [-0.4, -0.2) is 86.2 Å². The van der Waals surface area contributed by atoms with Gasteiger partial charge in [-0.2, -0.15) is 0 Å². The van der Waals surface area contributed by atoms with Crippen molar-refractivity contribution in [3.8, 4) is 0 Å². The zero-order valence-electron chi connectivity index (χ0n) is 18.0. The summed E-state index contributed by atoms with van der Waals surface area (Å²) < 4.78 is 10.1. The first-order chi connectivity index (χ1) is 14.0. The van der Waals surface area contributed by atoms with E-state index in [0.717, 1.165) is 38.5 Å². The van der Waals surface area contributed by atoms with Gasteiger partial charge in [0.15, 0.2) is 0 Å². The Kier molecular flexibility index (Phi) is 10.4. The number of amides is 2. The molecule has 0 bridgehead atoms. The van der Waals surface area contributed by atoms with Crippen LogP contribution >= 0.6 is 0 Å². The summed E-state index contributed by atoms with van der Waals surface area (Å²) in [4.78, 5) is 40.1. The fourth-order valence-corrected chi connectivity index (χ4v) is 4.07. The molecule has 1 aliphatic carbocycles. The number of carbonyl (C=O) groups is 3. The molecule has 1 N–H and O–H groups in total. The van der Waals surface area contributed by atoms with Crippen LogP contribution in [0.1, 0.15) is 52.4 Å². The molecule has 1 saturated heterocycles. The molecular weight excluding hydrogens is 374 g/mol. The number of nitrogens with one attached hydrogen (secondary N) is 1. The lowest BCUT2D eigenvalue weighted by molar-refractivity contribution is -0.148. The van der Waals surface area contributed by atoms with Gasteiger partial charge in [-0.15, -0.1) is 0 Å². The van der Waals surface area contributed by atoms with Gasteiger partial charge in [-0.25, -0.2) is 4.79 Å². The van der Waals surface area contributed by atoms with E-state index in [1.165, 1.54) is 32.1 Å². The molecule has 29 heavy (non-hydrogen) atoms. The summed E-state index contributed by atoms with van der Waals surface area (Å²) in [6.07, 6.45) is 7.72. The van der Waals surface area contributed by atoms with Crippen LogP contribution in [0.15, 0.2) is 0 Å². The molecule has 1 saturated carbocycles. The van der Waals surface area contributed by atoms with Crippen LogP contribution in [0.4, 0.5) is 0 Å². The van der Waals surface area contributed by atoms with Crippen LogP contribution in [-0.2, 0) is 23.9 Å². The quantitative estimate of drug-likeness (QED) is 0.574. The van der Waals surface area contributed by atoms with Crippen molar-refractivity contribution in [3.63, 3.8) is 0 Å². The van der Waals surface area contributed by atoms with Crippen molar-refractivity contribution < 1.29 is 23.9 Å². The SMILES string of the molecule is CCOC(=O)C(C)NC(=O)COCC(=O)N1CCCN(CC2CCCCC2)CC1. The molecule has 166 valence electrons. The zero-order chi connectivity index (χ0) is 21.1. The van der Waals surface area contributed by atoms with Gasteiger partial charge in [0, 0.05) is 26.2 Å². The van der Waals surface area contributed by atoms with Gasteiger partial charge >= 0.3 is 5.97 Å². The number of hydrogen-bond acceptors (Lipinski definition) is 6. The van der Waals surface area contributed by atoms with E-state index < -0.39 is 17.9 Å². The van der Waals surface area contributed by atoms with Crippen LogP contribution in [0.25, 0.3) is 0 Å². The van der Waals surface area contributed by atoms with Crippen molar-refractivity contribution in [2.45, 2.75) is 58.4 Å². The van der Waals surface area contributed by atoms with E-state index in [2.05, 4.69) is 10.2 Å². The molecule has 2 fully saturated rings. The fourth-order valence-electron chi connectivity index (χ4n) is 4.07. The second-order valence-corrected chi connectivity index (χ2v) is 8.07. The molecule has 0 aromatic rings. The molecule has 0 radical (unpaired) electrons. The highest BCUT2D eigenvalue weighted by Gasteiger charge is 2.23. The van der Waals surface area contributed by atoms with Crippen molar-refractivity contribution in [2.24, 2.45) is 5.92 Å². The fraction of sp³-hybridized carbons (Fsp3) is 0.857. The van der Waals surface area contributed by atoms with Gasteiger partial charge in [0.1, 0.15) is 19.3 Å². The Morgan fingerprint density at radius 2 is 1.76 bits per heavy atom. The molecular formula is C21H37N3O5. The minimum atomic E-state index is -0.734. The summed E-state index contributed by atoms with van der Waals surface area (Å²) in [6, 6.07) is -0.734. The van der Waals surface area contributed by atoms with Gasteiger partial charge in [-0.3, -0.25) is 9.59 Å². The van der Waals surface area contributed by atoms with Gasteiger partial charge in [-0.1, -0.05) is 19.3 Å². The predicted octanol–water partition coefficient (Wildman–Crippen LogP) is 1.19. The van der Waals surface area contributed by atoms with Gasteiger partial charge in [0.25, 0.3) is 0 Å². The number of hydrogen-bond donors (Lipinski definition) is 1. The number of esters is 1. The molecule has 1 unspecified atom stereocenters. The lowest BCUT2D eigenvalue weighted by Gasteiger charge is -2.28. The van der Waals surface area contributed by atoms with Crippen molar-refractivity contribution in [1.29, 1.82) is 0 Å². The Bertz CT molecular complexity index is 536. The van der Waals surface area contributed by atoms with E-state index in [0.29, 0.717) is 6.54 Å².